The number of aromatic nitrogens is 1. The summed E-state index contributed by atoms with van der Waals surface area (Å²) in [5.74, 6) is 0.823. The highest BCUT2D eigenvalue weighted by atomic mass is 79.9. The summed E-state index contributed by atoms with van der Waals surface area (Å²) < 4.78 is 0.950. The van der Waals surface area contributed by atoms with Crippen LogP contribution in [0, 0.1) is 0 Å². The predicted octanol–water partition coefficient (Wildman–Crippen LogP) is 5.46. The number of pyridine rings is 1. The molecule has 106 valence electrons. The molecule has 0 amide bonds. The van der Waals surface area contributed by atoms with Gasteiger partial charge in [-0.1, -0.05) is 23.7 Å². The first-order valence-corrected chi connectivity index (χ1v) is 8.32. The highest BCUT2D eigenvalue weighted by molar-refractivity contribution is 9.10. The Kier molecular flexibility index (Phi) is 5.74. The second-order valence-corrected chi connectivity index (χ2v) is 6.59. The molecule has 0 saturated carbocycles. The largest absolute Gasteiger partial charge is 0.260 e. The minimum atomic E-state index is -0.366. The number of alkyl halides is 2. The molecule has 0 aliphatic rings. The van der Waals surface area contributed by atoms with Crippen molar-refractivity contribution >= 4 is 50.7 Å². The number of nitrogens with zero attached hydrogens (tertiary/aromatic N) is 1. The van der Waals surface area contributed by atoms with Crippen LogP contribution >= 0.6 is 50.7 Å². The minimum Gasteiger partial charge on any atom is -0.260 e. The number of rotatable bonds is 5. The van der Waals surface area contributed by atoms with Crippen LogP contribution in [0.4, 0.5) is 0 Å². The zero-order chi connectivity index (χ0) is 14.6. The van der Waals surface area contributed by atoms with Gasteiger partial charge in [0.25, 0.3) is 0 Å². The Hall–Kier alpha value is -0.280. The van der Waals surface area contributed by atoms with Crippen LogP contribution in [0.3, 0.4) is 0 Å². The number of hydrogen-bond donors (Lipinski definition) is 0. The number of benzene rings is 1. The summed E-state index contributed by atoms with van der Waals surface area (Å²) in [6, 6.07) is 11.6. The van der Waals surface area contributed by atoms with Crippen LogP contribution in [0.5, 0.6) is 0 Å². The van der Waals surface area contributed by atoms with Gasteiger partial charge in [-0.05, 0) is 45.8 Å². The molecule has 2 aromatic rings. The molecule has 0 N–H and O–H groups in total. The maximum atomic E-state index is 6.23. The van der Waals surface area contributed by atoms with Gasteiger partial charge in [0.2, 0.25) is 0 Å². The summed E-state index contributed by atoms with van der Waals surface area (Å²) in [6.07, 6.45) is 2.45. The molecular formula is C15H13BrCl3N. The molecule has 1 nitrogen and oxygen atoms in total. The van der Waals surface area contributed by atoms with Gasteiger partial charge in [-0.3, -0.25) is 4.98 Å². The van der Waals surface area contributed by atoms with E-state index in [1.165, 1.54) is 0 Å². The number of halogens is 4. The lowest BCUT2D eigenvalue weighted by Crippen LogP contribution is -2.33. The van der Waals surface area contributed by atoms with E-state index in [0.717, 1.165) is 15.7 Å². The van der Waals surface area contributed by atoms with E-state index >= 15 is 0 Å². The summed E-state index contributed by atoms with van der Waals surface area (Å²) in [5, 5.41) is 0.686. The Morgan fingerprint density at radius 1 is 1.10 bits per heavy atom. The third kappa shape index (κ3) is 3.67. The maximum Gasteiger partial charge on any atom is 0.0414 e. The topological polar surface area (TPSA) is 12.9 Å². The van der Waals surface area contributed by atoms with E-state index in [4.69, 9.17) is 34.8 Å². The summed E-state index contributed by atoms with van der Waals surface area (Å²) in [7, 11) is 0. The molecule has 0 fully saturated rings. The second kappa shape index (κ2) is 7.13. The highest BCUT2D eigenvalue weighted by Crippen LogP contribution is 2.32. The average molecular weight is 394 g/mol. The Morgan fingerprint density at radius 3 is 2.40 bits per heavy atom. The first-order valence-electron chi connectivity index (χ1n) is 6.08. The van der Waals surface area contributed by atoms with Crippen LogP contribution in [-0.4, -0.2) is 16.7 Å². The normalized spacial score (nSPS) is 11.6. The van der Waals surface area contributed by atoms with Crippen LogP contribution in [0.1, 0.15) is 11.3 Å². The molecule has 1 aromatic heterocycles. The van der Waals surface area contributed by atoms with Crippen molar-refractivity contribution in [2.75, 3.05) is 11.8 Å². The molecule has 0 aliphatic carbocycles. The van der Waals surface area contributed by atoms with Crippen LogP contribution < -0.4 is 0 Å². The van der Waals surface area contributed by atoms with Gasteiger partial charge in [-0.2, -0.15) is 0 Å². The van der Waals surface area contributed by atoms with Gasteiger partial charge in [-0.15, -0.1) is 23.2 Å². The Labute approximate surface area is 142 Å². The van der Waals surface area contributed by atoms with Crippen molar-refractivity contribution in [2.45, 2.75) is 11.8 Å². The lowest BCUT2D eigenvalue weighted by atomic mass is 9.80. The van der Waals surface area contributed by atoms with Crippen molar-refractivity contribution in [1.82, 2.24) is 4.98 Å². The van der Waals surface area contributed by atoms with E-state index in [1.54, 1.807) is 6.20 Å². The zero-order valence-corrected chi connectivity index (χ0v) is 14.5. The fourth-order valence-electron chi connectivity index (χ4n) is 2.06. The van der Waals surface area contributed by atoms with E-state index in [-0.39, 0.29) is 5.41 Å². The summed E-state index contributed by atoms with van der Waals surface area (Å²) in [5.41, 5.74) is 1.63. The summed E-state index contributed by atoms with van der Waals surface area (Å²) in [4.78, 5) is 4.41. The van der Waals surface area contributed by atoms with Gasteiger partial charge in [0.05, 0.1) is 0 Å². The molecule has 0 unspecified atom stereocenters. The average Bonchev–Trinajstić information content (AvgIpc) is 2.47. The Bertz CT molecular complexity index is 568. The fourth-order valence-corrected chi connectivity index (χ4v) is 3.27. The molecule has 1 aromatic carbocycles. The molecule has 0 radical (unpaired) electrons. The molecule has 5 heteroatoms. The quantitative estimate of drug-likeness (QED) is 0.615. The minimum absolute atomic E-state index is 0.366. The SMILES string of the molecule is ClCC(CCl)(Cc1ccc(Br)cn1)c1cccc(Cl)c1. The van der Waals surface area contributed by atoms with Gasteiger partial charge in [0, 0.05) is 45.0 Å². The van der Waals surface area contributed by atoms with E-state index in [0.29, 0.717) is 23.2 Å². The molecule has 0 bridgehead atoms. The van der Waals surface area contributed by atoms with Crippen molar-refractivity contribution < 1.29 is 0 Å². The lowest BCUT2D eigenvalue weighted by Gasteiger charge is -2.30. The van der Waals surface area contributed by atoms with Crippen LogP contribution in [-0.2, 0) is 11.8 Å². The third-order valence-corrected chi connectivity index (χ3v) is 4.98. The standard InChI is InChI=1S/C15H13BrCl3N/c16-12-4-5-14(20-8-12)7-15(9-17,10-18)11-2-1-3-13(19)6-11/h1-6,8H,7,9-10H2. The van der Waals surface area contributed by atoms with Crippen molar-refractivity contribution in [3.8, 4) is 0 Å². The summed E-state index contributed by atoms with van der Waals surface area (Å²) >= 11 is 21.9. The van der Waals surface area contributed by atoms with Gasteiger partial charge in [0.15, 0.2) is 0 Å². The molecule has 20 heavy (non-hydrogen) atoms. The zero-order valence-electron chi connectivity index (χ0n) is 10.6. The fraction of sp³-hybridized carbons (Fsp3) is 0.267. The van der Waals surface area contributed by atoms with Gasteiger partial charge in [-0.25, -0.2) is 0 Å². The molecule has 0 aliphatic heterocycles. The van der Waals surface area contributed by atoms with E-state index < -0.39 is 0 Å². The maximum absolute atomic E-state index is 6.23. The van der Waals surface area contributed by atoms with E-state index in [2.05, 4.69) is 20.9 Å². The van der Waals surface area contributed by atoms with Crippen molar-refractivity contribution in [3.63, 3.8) is 0 Å². The molecule has 0 saturated heterocycles. The lowest BCUT2D eigenvalue weighted by molar-refractivity contribution is 0.529. The van der Waals surface area contributed by atoms with E-state index in [1.807, 2.05) is 36.4 Å². The second-order valence-electron chi connectivity index (χ2n) is 4.70. The van der Waals surface area contributed by atoms with Gasteiger partial charge in [0.1, 0.15) is 0 Å². The van der Waals surface area contributed by atoms with Crippen LogP contribution in [0.2, 0.25) is 5.02 Å². The molecule has 0 spiro atoms. The van der Waals surface area contributed by atoms with Crippen molar-refractivity contribution in [3.05, 3.63) is 63.3 Å². The molecule has 2 rings (SSSR count). The monoisotopic (exact) mass is 391 g/mol. The van der Waals surface area contributed by atoms with Crippen LogP contribution in [0.25, 0.3) is 0 Å². The van der Waals surface area contributed by atoms with Gasteiger partial charge >= 0.3 is 0 Å². The van der Waals surface area contributed by atoms with E-state index in [9.17, 15) is 0 Å². The van der Waals surface area contributed by atoms with Gasteiger partial charge < -0.3 is 0 Å². The van der Waals surface area contributed by atoms with Crippen molar-refractivity contribution in [2.24, 2.45) is 0 Å². The molecule has 1 heterocycles. The summed E-state index contributed by atoms with van der Waals surface area (Å²) in [6.45, 7) is 0. The first-order chi connectivity index (χ1) is 9.59. The first kappa shape index (κ1) is 16.1. The number of hydrogen-bond acceptors (Lipinski definition) is 1. The molecular weight excluding hydrogens is 380 g/mol. The Morgan fingerprint density at radius 2 is 1.85 bits per heavy atom. The molecule has 0 atom stereocenters. The Balaban J connectivity index is 2.36. The third-order valence-electron chi connectivity index (χ3n) is 3.26. The van der Waals surface area contributed by atoms with Crippen LogP contribution in [0.15, 0.2) is 47.1 Å². The smallest absolute Gasteiger partial charge is 0.0414 e. The highest BCUT2D eigenvalue weighted by Gasteiger charge is 2.31. The predicted molar refractivity (Wildman–Crippen MR) is 90.2 cm³/mol. The van der Waals surface area contributed by atoms with Crippen molar-refractivity contribution in [1.29, 1.82) is 0 Å².